The molecule has 0 spiro atoms. The molecule has 0 atom stereocenters. The van der Waals surface area contributed by atoms with Gasteiger partial charge in [0, 0.05) is 0 Å². The van der Waals surface area contributed by atoms with Crippen LogP contribution in [0.3, 0.4) is 0 Å². The molecule has 0 aromatic rings. The molecule has 0 saturated heterocycles. The van der Waals surface area contributed by atoms with Gasteiger partial charge in [0.2, 0.25) is 0 Å². The van der Waals surface area contributed by atoms with E-state index < -0.39 is 20.8 Å². The van der Waals surface area contributed by atoms with E-state index in [2.05, 4.69) is 0 Å². The molecule has 0 aromatic heterocycles. The zero-order chi connectivity index (χ0) is 9.00. The van der Waals surface area contributed by atoms with Crippen molar-refractivity contribution in [2.45, 2.75) is 0 Å². The molecule has 17 heavy (non-hydrogen) atoms. The van der Waals surface area contributed by atoms with Crippen molar-refractivity contribution in [1.29, 1.82) is 0 Å². The molecule has 0 fully saturated rings. The normalized spacial score (nSPS) is 6.82. The maximum atomic E-state index is 8.74. The van der Waals surface area contributed by atoms with Crippen LogP contribution in [0.2, 0.25) is 0 Å². The average Bonchev–Trinajstić information content (AvgIpc) is 1.12. The molecule has 0 aliphatic carbocycles. The summed E-state index contributed by atoms with van der Waals surface area (Å²) in [5.41, 5.74) is 0. The molecule has 0 aromatic carbocycles. The largest absolute Gasteiger partial charge is 5.00 e. The summed E-state index contributed by atoms with van der Waals surface area (Å²) >= 11 is 0. The predicted octanol–water partition coefficient (Wildman–Crippen LogP) is -1.90. The summed E-state index contributed by atoms with van der Waals surface area (Å²) in [7, 11) is -9.33. The van der Waals surface area contributed by atoms with Gasteiger partial charge in [-0.1, -0.05) is 0 Å². The quantitative estimate of drug-likeness (QED) is 0.232. The third kappa shape index (κ3) is 3690. The van der Waals surface area contributed by atoms with Crippen molar-refractivity contribution in [3.8, 4) is 0 Å². The zero-order valence-corrected chi connectivity index (χ0v) is 13.2. The van der Waals surface area contributed by atoms with Crippen LogP contribution >= 0.6 is 0 Å². The molecule has 0 bridgehead atoms. The van der Waals surface area contributed by atoms with Gasteiger partial charge in [0.05, 0.1) is 0 Å². The molecule has 104 valence electrons. The van der Waals surface area contributed by atoms with Crippen LogP contribution in [0.5, 0.6) is 0 Å². The first-order chi connectivity index (χ1) is 4.00. The number of hydrogen-bond donors (Lipinski definition) is 4. The van der Waals surface area contributed by atoms with Crippen LogP contribution in [0.1, 0.15) is 0 Å². The first kappa shape index (κ1) is 64.2. The van der Waals surface area contributed by atoms with E-state index in [-0.39, 0.29) is 72.1 Å². The minimum absolute atomic E-state index is 0. The van der Waals surface area contributed by atoms with Crippen LogP contribution in [-0.4, -0.2) is 35.0 Å². The smallest absolute Gasteiger partial charge is 2.00 e. The summed E-state index contributed by atoms with van der Waals surface area (Å²) in [6, 6.07) is 0. The third-order valence-electron chi connectivity index (χ3n) is 0. The summed E-state index contributed by atoms with van der Waals surface area (Å²) in [5.74, 6) is 0. The summed E-state index contributed by atoms with van der Waals surface area (Å²) in [4.78, 5) is 0. The summed E-state index contributed by atoms with van der Waals surface area (Å²) in [6.45, 7) is 0. The monoisotopic (exact) mass is 462 g/mol. The molecule has 0 unspecified atom stereocenters. The maximum Gasteiger partial charge on any atom is 5.00 e. The van der Waals surface area contributed by atoms with E-state index in [0.29, 0.717) is 0 Å². The van der Waals surface area contributed by atoms with Crippen molar-refractivity contribution in [2.24, 2.45) is 0 Å². The first-order valence-electron chi connectivity index (χ1n) is 1.40. The Kier molecular flexibility index (Phi) is 97.2. The van der Waals surface area contributed by atoms with Gasteiger partial charge >= 0.3 is 65.6 Å². The molecule has 0 heterocycles. The molecular weight excluding hydrogens is 458 g/mol. The van der Waals surface area contributed by atoms with Crippen molar-refractivity contribution in [1.82, 2.24) is 0 Å². The van der Waals surface area contributed by atoms with Gasteiger partial charge in [0.15, 0.2) is 0 Å². The van der Waals surface area contributed by atoms with E-state index in [0.717, 1.165) is 0 Å². The first-order valence-corrected chi connectivity index (χ1v) is 4.19. The Morgan fingerprint density at radius 2 is 0.471 bits per heavy atom. The molecule has 4 N–H and O–H groups in total. The van der Waals surface area contributed by atoms with Crippen molar-refractivity contribution in [3.05, 3.63) is 0 Å². The Hall–Kier alpha value is 1.02. The Morgan fingerprint density at radius 3 is 0.471 bits per heavy atom. The van der Waals surface area contributed by atoms with Crippen LogP contribution in [0, 0.1) is 0 Å². The zero-order valence-electron chi connectivity index (χ0n) is 7.17. The van der Waals surface area contributed by atoms with Crippen LogP contribution in [-0.2, 0) is 92.9 Å². The van der Waals surface area contributed by atoms with E-state index in [1.54, 1.807) is 0 Å². The molecular formula is H4Nb2O13S2. The minimum atomic E-state index is -4.67. The molecule has 0 aliphatic rings. The molecule has 0 aliphatic heterocycles. The molecule has 0 radical (unpaired) electrons. The molecule has 0 saturated carbocycles. The van der Waals surface area contributed by atoms with Crippen molar-refractivity contribution >= 4 is 20.8 Å². The van der Waals surface area contributed by atoms with E-state index >= 15 is 0 Å². The fourth-order valence-corrected chi connectivity index (χ4v) is 0. The van der Waals surface area contributed by atoms with Gasteiger partial charge in [0.1, 0.15) is 0 Å². The number of hydrogen-bond acceptors (Lipinski definition) is 4. The summed E-state index contributed by atoms with van der Waals surface area (Å²) in [6.07, 6.45) is 0. The molecule has 0 amide bonds. The van der Waals surface area contributed by atoms with Gasteiger partial charge in [-0.25, -0.2) is 0 Å². The third-order valence-corrected chi connectivity index (χ3v) is 0. The van der Waals surface area contributed by atoms with Gasteiger partial charge in [-0.2, -0.15) is 16.8 Å². The van der Waals surface area contributed by atoms with E-state index in [1.165, 1.54) is 0 Å². The average molecular weight is 462 g/mol. The van der Waals surface area contributed by atoms with Gasteiger partial charge < -0.3 is 27.4 Å². The van der Waals surface area contributed by atoms with Gasteiger partial charge in [0.25, 0.3) is 0 Å². The van der Waals surface area contributed by atoms with Crippen molar-refractivity contribution in [2.75, 3.05) is 0 Å². The summed E-state index contributed by atoms with van der Waals surface area (Å²) < 4.78 is 63.2. The SMILES string of the molecule is O=S(=O)(O)O.O=S(=O)(O)O.[Nb+5].[Nb+5].[O-2].[O-2].[O-2].[O-2].[O-2]. The fourth-order valence-electron chi connectivity index (χ4n) is 0. The second kappa shape index (κ2) is 25.8. The van der Waals surface area contributed by atoms with Crippen LogP contribution < -0.4 is 0 Å². The Labute approximate surface area is 127 Å². The standard InChI is InChI=1S/2Nb.2H2O4S.5O/c;;2*1-5(2,3)4;;;;;/h;;2*(H2,1,2,3,4);;;;;/q2*+5;;;5*-2. The second-order valence-corrected chi connectivity index (χ2v) is 2.69. The maximum absolute atomic E-state index is 8.74. The predicted molar refractivity (Wildman–Crippen MR) is 31.8 cm³/mol. The number of rotatable bonds is 0. The minimum Gasteiger partial charge on any atom is -2.00 e. The van der Waals surface area contributed by atoms with E-state index in [4.69, 9.17) is 35.0 Å². The fraction of sp³-hybridized carbons (Fsp3) is 0. The Balaban J connectivity index is -0.00000000762. The van der Waals surface area contributed by atoms with Gasteiger partial charge in [-0.15, -0.1) is 0 Å². The molecule has 17 heteroatoms. The topological polar surface area (TPSA) is 292 Å². The Bertz CT molecular complexity index is 214. The van der Waals surface area contributed by atoms with Crippen LogP contribution in [0.15, 0.2) is 0 Å². The second-order valence-electron chi connectivity index (χ2n) is 0.896. The van der Waals surface area contributed by atoms with E-state index in [9.17, 15) is 0 Å². The van der Waals surface area contributed by atoms with Gasteiger partial charge in [-0.3, -0.25) is 18.2 Å². The van der Waals surface area contributed by atoms with Crippen LogP contribution in [0.4, 0.5) is 0 Å². The summed E-state index contributed by atoms with van der Waals surface area (Å²) in [5, 5.41) is 0. The molecule has 0 rings (SSSR count). The van der Waals surface area contributed by atoms with Crippen molar-refractivity contribution in [3.63, 3.8) is 0 Å². The Morgan fingerprint density at radius 1 is 0.471 bits per heavy atom. The van der Waals surface area contributed by atoms with Gasteiger partial charge in [-0.05, 0) is 0 Å². The van der Waals surface area contributed by atoms with E-state index in [1.807, 2.05) is 0 Å². The van der Waals surface area contributed by atoms with Crippen molar-refractivity contribution < 1.29 is 107 Å². The molecule has 13 nitrogen and oxygen atoms in total. The van der Waals surface area contributed by atoms with Crippen LogP contribution in [0.25, 0.3) is 0 Å².